The Morgan fingerprint density at radius 1 is 1.18 bits per heavy atom. The van der Waals surface area contributed by atoms with Crippen LogP contribution in [0, 0.1) is 10.7 Å². The SMILES string of the molecule is COc1ccc(-n2nnn(CN3CCC(C)CC3)c2=S)cc1. The van der Waals surface area contributed by atoms with Crippen molar-refractivity contribution in [3.8, 4) is 11.4 Å². The highest BCUT2D eigenvalue weighted by Gasteiger charge is 2.17. The first kappa shape index (κ1) is 15.2. The molecule has 0 amide bonds. The first-order chi connectivity index (χ1) is 10.7. The maximum Gasteiger partial charge on any atom is 0.221 e. The van der Waals surface area contributed by atoms with Gasteiger partial charge in [0.1, 0.15) is 5.75 Å². The fourth-order valence-corrected chi connectivity index (χ4v) is 2.88. The van der Waals surface area contributed by atoms with Crippen molar-refractivity contribution in [2.45, 2.75) is 26.4 Å². The Morgan fingerprint density at radius 2 is 1.86 bits per heavy atom. The average Bonchev–Trinajstić information content (AvgIpc) is 2.91. The largest absolute Gasteiger partial charge is 0.497 e. The molecule has 0 unspecified atom stereocenters. The molecule has 1 aromatic carbocycles. The van der Waals surface area contributed by atoms with E-state index in [0.29, 0.717) is 11.4 Å². The number of hydrogen-bond donors (Lipinski definition) is 0. The van der Waals surface area contributed by atoms with Crippen molar-refractivity contribution >= 4 is 12.2 Å². The van der Waals surface area contributed by atoms with Gasteiger partial charge < -0.3 is 4.74 Å². The zero-order valence-corrected chi connectivity index (χ0v) is 13.8. The van der Waals surface area contributed by atoms with Crippen LogP contribution >= 0.6 is 12.2 Å². The molecule has 1 aromatic heterocycles. The van der Waals surface area contributed by atoms with Crippen LogP contribution < -0.4 is 4.74 Å². The lowest BCUT2D eigenvalue weighted by atomic mass is 10.00. The van der Waals surface area contributed by atoms with Crippen molar-refractivity contribution in [3.05, 3.63) is 29.0 Å². The quantitative estimate of drug-likeness (QED) is 0.810. The summed E-state index contributed by atoms with van der Waals surface area (Å²) in [7, 11) is 1.65. The molecule has 1 aliphatic rings. The summed E-state index contributed by atoms with van der Waals surface area (Å²) in [5, 5.41) is 8.38. The molecule has 1 saturated heterocycles. The number of rotatable bonds is 4. The molecule has 1 aliphatic heterocycles. The van der Waals surface area contributed by atoms with Crippen LogP contribution in [0.15, 0.2) is 24.3 Å². The van der Waals surface area contributed by atoms with E-state index >= 15 is 0 Å². The minimum atomic E-state index is 0.615. The summed E-state index contributed by atoms with van der Waals surface area (Å²) in [6, 6.07) is 7.64. The molecular weight excluding hydrogens is 298 g/mol. The first-order valence-corrected chi connectivity index (χ1v) is 7.98. The van der Waals surface area contributed by atoms with Gasteiger partial charge in [-0.3, -0.25) is 4.90 Å². The molecule has 2 heterocycles. The van der Waals surface area contributed by atoms with Gasteiger partial charge in [-0.15, -0.1) is 0 Å². The number of tetrazole rings is 1. The summed E-state index contributed by atoms with van der Waals surface area (Å²) in [6.07, 6.45) is 2.47. The Morgan fingerprint density at radius 3 is 2.50 bits per heavy atom. The van der Waals surface area contributed by atoms with Crippen LogP contribution in [0.5, 0.6) is 5.75 Å². The summed E-state index contributed by atoms with van der Waals surface area (Å²) in [4.78, 5) is 2.38. The predicted molar refractivity (Wildman–Crippen MR) is 86.7 cm³/mol. The predicted octanol–water partition coefficient (Wildman–Crippen LogP) is 2.50. The standard InChI is InChI=1S/C15H21N5OS/c1-12-7-9-18(10-8-12)11-19-15(22)20(17-16-19)13-3-5-14(21-2)6-4-13/h3-6,12H,7-11H2,1-2H3. The second-order valence-corrected chi connectivity index (χ2v) is 6.18. The molecule has 22 heavy (non-hydrogen) atoms. The van der Waals surface area contributed by atoms with Gasteiger partial charge in [0.2, 0.25) is 4.77 Å². The van der Waals surface area contributed by atoms with Gasteiger partial charge in [0.25, 0.3) is 0 Å². The van der Waals surface area contributed by atoms with Crippen LogP contribution in [0.2, 0.25) is 0 Å². The van der Waals surface area contributed by atoms with E-state index in [2.05, 4.69) is 22.3 Å². The van der Waals surface area contributed by atoms with E-state index in [0.717, 1.165) is 30.4 Å². The van der Waals surface area contributed by atoms with Crippen LogP contribution in [0.4, 0.5) is 0 Å². The topological polar surface area (TPSA) is 48.1 Å². The zero-order chi connectivity index (χ0) is 15.5. The maximum atomic E-state index is 5.50. The fraction of sp³-hybridized carbons (Fsp3) is 0.533. The van der Waals surface area contributed by atoms with Crippen molar-refractivity contribution in [3.63, 3.8) is 0 Å². The van der Waals surface area contributed by atoms with Crippen molar-refractivity contribution < 1.29 is 4.74 Å². The summed E-state index contributed by atoms with van der Waals surface area (Å²) in [5.74, 6) is 1.63. The number of likely N-dealkylation sites (tertiary alicyclic amines) is 1. The molecule has 118 valence electrons. The lowest BCUT2D eigenvalue weighted by molar-refractivity contribution is 0.145. The third-order valence-electron chi connectivity index (χ3n) is 4.17. The van der Waals surface area contributed by atoms with Crippen LogP contribution in [0.1, 0.15) is 19.8 Å². The third-order valence-corrected chi connectivity index (χ3v) is 4.55. The van der Waals surface area contributed by atoms with E-state index < -0.39 is 0 Å². The molecule has 0 saturated carbocycles. The van der Waals surface area contributed by atoms with Gasteiger partial charge in [-0.25, -0.2) is 4.68 Å². The zero-order valence-electron chi connectivity index (χ0n) is 13.0. The summed E-state index contributed by atoms with van der Waals surface area (Å²) < 4.78 is 9.25. The van der Waals surface area contributed by atoms with Crippen LogP contribution in [0.3, 0.4) is 0 Å². The van der Waals surface area contributed by atoms with E-state index in [1.807, 2.05) is 24.3 Å². The van der Waals surface area contributed by atoms with Crippen molar-refractivity contribution in [1.82, 2.24) is 24.7 Å². The number of aromatic nitrogens is 4. The van der Waals surface area contributed by atoms with E-state index in [-0.39, 0.29) is 0 Å². The van der Waals surface area contributed by atoms with E-state index in [1.165, 1.54) is 12.8 Å². The average molecular weight is 319 g/mol. The van der Waals surface area contributed by atoms with Crippen LogP contribution in [-0.2, 0) is 6.67 Å². The van der Waals surface area contributed by atoms with Gasteiger partial charge >= 0.3 is 0 Å². The number of methoxy groups -OCH3 is 1. The molecule has 0 radical (unpaired) electrons. The summed E-state index contributed by atoms with van der Waals surface area (Å²) >= 11 is 5.50. The van der Waals surface area contributed by atoms with E-state index in [1.54, 1.807) is 16.5 Å². The minimum absolute atomic E-state index is 0.615. The van der Waals surface area contributed by atoms with Gasteiger partial charge in [-0.05, 0) is 65.7 Å². The molecule has 0 bridgehead atoms. The number of piperidine rings is 1. The molecule has 7 heteroatoms. The van der Waals surface area contributed by atoms with Gasteiger partial charge in [0.15, 0.2) is 0 Å². The lowest BCUT2D eigenvalue weighted by Crippen LogP contribution is -2.34. The summed E-state index contributed by atoms with van der Waals surface area (Å²) in [6.45, 7) is 5.21. The normalized spacial score (nSPS) is 16.8. The van der Waals surface area contributed by atoms with Gasteiger partial charge in [-0.2, -0.15) is 4.68 Å². The Kier molecular flexibility index (Phi) is 4.54. The fourth-order valence-electron chi connectivity index (χ4n) is 2.64. The molecule has 0 spiro atoms. The van der Waals surface area contributed by atoms with Crippen molar-refractivity contribution in [2.24, 2.45) is 5.92 Å². The second kappa shape index (κ2) is 6.58. The van der Waals surface area contributed by atoms with Crippen LogP contribution in [-0.4, -0.2) is 44.9 Å². The maximum absolute atomic E-state index is 5.50. The van der Waals surface area contributed by atoms with E-state index in [4.69, 9.17) is 17.0 Å². The smallest absolute Gasteiger partial charge is 0.221 e. The monoisotopic (exact) mass is 319 g/mol. The Bertz CT molecular complexity index is 670. The highest BCUT2D eigenvalue weighted by molar-refractivity contribution is 7.71. The molecule has 3 rings (SSSR count). The van der Waals surface area contributed by atoms with Gasteiger partial charge in [-0.1, -0.05) is 6.92 Å². The molecule has 0 N–H and O–H groups in total. The van der Waals surface area contributed by atoms with Crippen LogP contribution in [0.25, 0.3) is 5.69 Å². The highest BCUT2D eigenvalue weighted by Crippen LogP contribution is 2.17. The molecule has 0 atom stereocenters. The Hall–Kier alpha value is -1.73. The van der Waals surface area contributed by atoms with Gasteiger partial charge in [0.05, 0.1) is 19.5 Å². The highest BCUT2D eigenvalue weighted by atomic mass is 32.1. The third kappa shape index (κ3) is 3.20. The Labute approximate surface area is 135 Å². The van der Waals surface area contributed by atoms with Crippen molar-refractivity contribution in [1.29, 1.82) is 0 Å². The van der Waals surface area contributed by atoms with E-state index in [9.17, 15) is 0 Å². The molecule has 1 fully saturated rings. The number of ether oxygens (including phenoxy) is 1. The molecule has 6 nitrogen and oxygen atoms in total. The number of benzene rings is 1. The number of hydrogen-bond acceptors (Lipinski definition) is 5. The second-order valence-electron chi connectivity index (χ2n) is 5.81. The first-order valence-electron chi connectivity index (χ1n) is 7.57. The number of nitrogens with zero attached hydrogens (tertiary/aromatic N) is 5. The van der Waals surface area contributed by atoms with Crippen molar-refractivity contribution in [2.75, 3.05) is 20.2 Å². The molecule has 0 aliphatic carbocycles. The van der Waals surface area contributed by atoms with Gasteiger partial charge in [0, 0.05) is 13.1 Å². The minimum Gasteiger partial charge on any atom is -0.497 e. The summed E-state index contributed by atoms with van der Waals surface area (Å²) in [5.41, 5.74) is 0.893. The lowest BCUT2D eigenvalue weighted by Gasteiger charge is -2.29. The Balaban J connectivity index is 1.75. The molecule has 2 aromatic rings. The molecular formula is C15H21N5OS.